The minimum atomic E-state index is -0.321. The Hall–Kier alpha value is -1.82. The van der Waals surface area contributed by atoms with Crippen LogP contribution in [0.4, 0.5) is 0 Å². The fourth-order valence-electron chi connectivity index (χ4n) is 1.70. The Morgan fingerprint density at radius 1 is 1.32 bits per heavy atom. The minimum absolute atomic E-state index is 0.192. The summed E-state index contributed by atoms with van der Waals surface area (Å²) in [5.41, 5.74) is -0.632. The van der Waals surface area contributed by atoms with Crippen molar-refractivity contribution in [3.63, 3.8) is 0 Å². The lowest BCUT2D eigenvalue weighted by molar-refractivity contribution is 0.766. The van der Waals surface area contributed by atoms with E-state index in [-0.39, 0.29) is 17.7 Å². The first kappa shape index (κ1) is 12.2. The maximum atomic E-state index is 12.1. The first-order valence-electron chi connectivity index (χ1n) is 5.14. The first-order chi connectivity index (χ1) is 9.17. The number of rotatable bonds is 2. The molecule has 5 nitrogen and oxygen atoms in total. The van der Waals surface area contributed by atoms with Crippen molar-refractivity contribution in [3.05, 3.63) is 47.3 Å². The second-order valence-corrected chi connectivity index (χ2v) is 6.42. The van der Waals surface area contributed by atoms with E-state index in [2.05, 4.69) is 17.0 Å². The van der Waals surface area contributed by atoms with Gasteiger partial charge in [-0.25, -0.2) is 0 Å². The van der Waals surface area contributed by atoms with Crippen molar-refractivity contribution in [2.75, 3.05) is 0 Å². The molecule has 0 unspecified atom stereocenters. The third-order valence-corrected chi connectivity index (χ3v) is 6.03. The molecule has 0 atom stereocenters. The fourth-order valence-corrected chi connectivity index (χ4v) is 4.92. The van der Waals surface area contributed by atoms with Crippen LogP contribution in [0.1, 0.15) is 4.88 Å². The van der Waals surface area contributed by atoms with Crippen LogP contribution in [0.25, 0.3) is 9.53 Å². The summed E-state index contributed by atoms with van der Waals surface area (Å²) in [4.78, 5) is 25.3. The smallest absolute Gasteiger partial charge is 0.269 e. The predicted octanol–water partition coefficient (Wildman–Crippen LogP) is 1.72. The van der Waals surface area contributed by atoms with Crippen molar-refractivity contribution in [1.82, 2.24) is 8.94 Å². The van der Waals surface area contributed by atoms with Crippen molar-refractivity contribution >= 4 is 43.7 Å². The fraction of sp³-hybridized carbons (Fsp3) is 0.0909. The van der Waals surface area contributed by atoms with Gasteiger partial charge < -0.3 is 0 Å². The molecule has 0 saturated carbocycles. The predicted molar refractivity (Wildman–Crippen MR) is 76.1 cm³/mol. The van der Waals surface area contributed by atoms with Gasteiger partial charge in [-0.05, 0) is 11.5 Å². The molecule has 1 aromatic rings. The molecule has 2 aliphatic heterocycles. The largest absolute Gasteiger partial charge is 0.272 e. The van der Waals surface area contributed by atoms with Crippen LogP contribution >= 0.6 is 34.2 Å². The number of aromatic nitrogens is 2. The number of nitriles is 1. The molecular formula is C11H5N3O2S3. The molecule has 0 fully saturated rings. The standard InChI is InChI=1S/C11H5N3O2S3/c1-2-3-14-10(15)7-8(11(14)16)18-9-6(17-7)5(4-12)19-13-9/h2H,1,3H2. The van der Waals surface area contributed by atoms with E-state index in [0.717, 1.165) is 27.4 Å². The maximum Gasteiger partial charge on any atom is 0.272 e. The molecule has 0 aliphatic carbocycles. The highest BCUT2D eigenvalue weighted by Gasteiger charge is 2.15. The third kappa shape index (κ3) is 1.67. The van der Waals surface area contributed by atoms with Gasteiger partial charge in [-0.1, -0.05) is 6.08 Å². The molecule has 1 aromatic heterocycles. The van der Waals surface area contributed by atoms with Gasteiger partial charge in [-0.3, -0.25) is 14.2 Å². The Labute approximate surface area is 118 Å². The summed E-state index contributed by atoms with van der Waals surface area (Å²) >= 11 is 3.42. The van der Waals surface area contributed by atoms with E-state index in [1.165, 1.54) is 17.4 Å². The summed E-state index contributed by atoms with van der Waals surface area (Å²) in [7, 11) is 0. The van der Waals surface area contributed by atoms with Gasteiger partial charge in [0.25, 0.3) is 11.1 Å². The molecule has 94 valence electrons. The summed E-state index contributed by atoms with van der Waals surface area (Å²) in [5, 5.41) is 8.98. The molecule has 3 rings (SSSR count). The monoisotopic (exact) mass is 307 g/mol. The molecule has 0 spiro atoms. The van der Waals surface area contributed by atoms with Crippen LogP contribution < -0.4 is 11.1 Å². The molecular weight excluding hydrogens is 302 g/mol. The van der Waals surface area contributed by atoms with Crippen LogP contribution in [0.5, 0.6) is 0 Å². The molecule has 0 saturated heterocycles. The van der Waals surface area contributed by atoms with Crippen LogP contribution in [0.3, 0.4) is 0 Å². The van der Waals surface area contributed by atoms with Gasteiger partial charge >= 0.3 is 0 Å². The summed E-state index contributed by atoms with van der Waals surface area (Å²) in [5.74, 6) is 0. The summed E-state index contributed by atoms with van der Waals surface area (Å²) in [6.45, 7) is 3.73. The van der Waals surface area contributed by atoms with Crippen LogP contribution in [-0.2, 0) is 6.54 Å². The highest BCUT2D eigenvalue weighted by atomic mass is 32.1. The Kier molecular flexibility index (Phi) is 2.82. The van der Waals surface area contributed by atoms with E-state index in [1.54, 1.807) is 0 Å². The molecule has 0 aromatic carbocycles. The zero-order valence-electron chi connectivity index (χ0n) is 9.37. The van der Waals surface area contributed by atoms with Gasteiger partial charge in [0.05, 0.1) is 4.70 Å². The zero-order valence-corrected chi connectivity index (χ0v) is 11.8. The summed E-state index contributed by atoms with van der Waals surface area (Å²) in [6.07, 6.45) is 1.51. The summed E-state index contributed by atoms with van der Waals surface area (Å²) < 4.78 is 6.77. The highest BCUT2D eigenvalue weighted by Crippen LogP contribution is 2.28. The lowest BCUT2D eigenvalue weighted by Gasteiger charge is -1.89. The molecule has 0 radical (unpaired) electrons. The minimum Gasteiger partial charge on any atom is -0.269 e. The van der Waals surface area contributed by atoms with Crippen LogP contribution in [-0.4, -0.2) is 8.94 Å². The van der Waals surface area contributed by atoms with Crippen LogP contribution in [0.15, 0.2) is 22.2 Å². The average molecular weight is 307 g/mol. The number of hydrogen-bond donors (Lipinski definition) is 0. The van der Waals surface area contributed by atoms with E-state index >= 15 is 0 Å². The van der Waals surface area contributed by atoms with Crippen molar-refractivity contribution in [1.29, 1.82) is 5.26 Å². The number of fused-ring (bicyclic) bond motifs is 1. The van der Waals surface area contributed by atoms with E-state index in [9.17, 15) is 9.59 Å². The lowest BCUT2D eigenvalue weighted by atomic mass is 10.5. The molecule has 0 bridgehead atoms. The topological polar surface area (TPSA) is 75.8 Å². The van der Waals surface area contributed by atoms with Gasteiger partial charge in [0, 0.05) is 6.54 Å². The van der Waals surface area contributed by atoms with Crippen LogP contribution in [0.2, 0.25) is 0 Å². The van der Waals surface area contributed by atoms with Crippen molar-refractivity contribution in [3.8, 4) is 6.07 Å². The Morgan fingerprint density at radius 3 is 2.63 bits per heavy atom. The molecule has 19 heavy (non-hydrogen) atoms. The summed E-state index contributed by atoms with van der Waals surface area (Å²) in [6, 6.07) is 2.05. The second kappa shape index (κ2) is 4.38. The molecule has 8 heteroatoms. The van der Waals surface area contributed by atoms with Crippen molar-refractivity contribution in [2.24, 2.45) is 0 Å². The quantitative estimate of drug-likeness (QED) is 0.676. The first-order valence-corrected chi connectivity index (χ1v) is 7.54. The number of allylic oxidation sites excluding steroid dienone is 1. The average Bonchev–Trinajstić information content (AvgIpc) is 2.92. The molecule has 0 N–H and O–H groups in total. The highest BCUT2D eigenvalue weighted by molar-refractivity contribution is 7.29. The number of nitrogens with zero attached hydrogens (tertiary/aromatic N) is 3. The molecule has 3 heterocycles. The maximum absolute atomic E-state index is 12.1. The Morgan fingerprint density at radius 2 is 2.00 bits per heavy atom. The third-order valence-electron chi connectivity index (χ3n) is 2.52. The molecule has 2 aliphatic rings. The number of hydrogen-bond acceptors (Lipinski definition) is 7. The van der Waals surface area contributed by atoms with E-state index in [1.807, 2.05) is 0 Å². The van der Waals surface area contributed by atoms with Crippen molar-refractivity contribution in [2.45, 2.75) is 6.54 Å². The van der Waals surface area contributed by atoms with E-state index in [0.29, 0.717) is 23.5 Å². The Bertz CT molecular complexity index is 1010. The lowest BCUT2D eigenvalue weighted by Crippen LogP contribution is -2.25. The molecule has 0 amide bonds. The van der Waals surface area contributed by atoms with Crippen molar-refractivity contribution < 1.29 is 0 Å². The SMILES string of the molecule is C=CCn1c(=O)c2sc3nsc(C#N)c3sc=2c1=O. The second-order valence-electron chi connectivity index (χ2n) is 3.63. The van der Waals surface area contributed by atoms with Gasteiger partial charge in [-0.2, -0.15) is 9.64 Å². The van der Waals surface area contributed by atoms with Gasteiger partial charge in [0.2, 0.25) is 0 Å². The van der Waals surface area contributed by atoms with E-state index < -0.39 is 0 Å². The van der Waals surface area contributed by atoms with E-state index in [4.69, 9.17) is 5.26 Å². The Balaban J connectivity index is 2.55. The van der Waals surface area contributed by atoms with Gasteiger partial charge in [0.1, 0.15) is 24.8 Å². The van der Waals surface area contributed by atoms with Gasteiger partial charge in [0.15, 0.2) is 0 Å². The zero-order chi connectivity index (χ0) is 13.6. The van der Waals surface area contributed by atoms with Crippen LogP contribution in [0, 0.1) is 20.4 Å². The normalized spacial score (nSPS) is 10.9. The van der Waals surface area contributed by atoms with Gasteiger partial charge in [-0.15, -0.1) is 29.3 Å².